The molecule has 0 saturated heterocycles. The molecule has 3 N–H and O–H groups in total. The number of pyridine rings is 2. The standard InChI is InChI=1S/C30H41F2N5O4/c1-41-23(18-31)20-37(16-3-2-7-22-10-9-21-6-4-15-34-27(21)35-22)17-11-25(28(38)39)36-29(40)30(12-13-30)24-8-5-14-33-26(24)19-32/h5,8-10,14,23,25H,2-4,6-7,11-13,15-20H2,1H3,(H,34,35)(H,36,40)(H,38,39). The lowest BCUT2D eigenvalue weighted by Gasteiger charge is -2.27. The fourth-order valence-corrected chi connectivity index (χ4v) is 5.51. The molecule has 2 atom stereocenters. The van der Waals surface area contributed by atoms with Crippen LogP contribution in [0.15, 0.2) is 30.5 Å². The maximum Gasteiger partial charge on any atom is 0.326 e. The number of carboxylic acids is 1. The second kappa shape index (κ2) is 14.6. The number of hydrogen-bond donors (Lipinski definition) is 3. The summed E-state index contributed by atoms with van der Waals surface area (Å²) in [5, 5.41) is 15.9. The number of unbranched alkanes of at least 4 members (excludes halogenated alkanes) is 1. The number of alkyl halides is 2. The molecule has 3 heterocycles. The van der Waals surface area contributed by atoms with E-state index in [1.54, 1.807) is 12.1 Å². The van der Waals surface area contributed by atoms with Crippen molar-refractivity contribution in [2.45, 2.75) is 75.6 Å². The van der Waals surface area contributed by atoms with Crippen LogP contribution in [0.3, 0.4) is 0 Å². The molecule has 4 rings (SSSR count). The van der Waals surface area contributed by atoms with Crippen LogP contribution in [0.2, 0.25) is 0 Å². The molecule has 2 aromatic rings. The molecule has 11 heteroatoms. The zero-order valence-electron chi connectivity index (χ0n) is 23.7. The highest BCUT2D eigenvalue weighted by molar-refractivity contribution is 5.94. The molecule has 0 bridgehead atoms. The van der Waals surface area contributed by atoms with Gasteiger partial charge in [0, 0.05) is 38.6 Å². The molecule has 0 aromatic carbocycles. The predicted octanol–water partition coefficient (Wildman–Crippen LogP) is 3.60. The van der Waals surface area contributed by atoms with Crippen molar-refractivity contribution < 1.29 is 28.2 Å². The van der Waals surface area contributed by atoms with Gasteiger partial charge in [-0.15, -0.1) is 0 Å². The fraction of sp³-hybridized carbons (Fsp3) is 0.600. The average Bonchev–Trinajstić information content (AvgIpc) is 3.81. The number of carbonyl (C=O) groups excluding carboxylic acids is 1. The lowest BCUT2D eigenvalue weighted by atomic mass is 9.93. The molecule has 1 aliphatic carbocycles. The highest BCUT2D eigenvalue weighted by Gasteiger charge is 2.53. The van der Waals surface area contributed by atoms with Crippen LogP contribution in [-0.2, 0) is 39.3 Å². The summed E-state index contributed by atoms with van der Waals surface area (Å²) in [6, 6.07) is 6.42. The lowest BCUT2D eigenvalue weighted by molar-refractivity contribution is -0.142. The molecule has 0 radical (unpaired) electrons. The molecule has 2 aromatic heterocycles. The predicted molar refractivity (Wildman–Crippen MR) is 151 cm³/mol. The van der Waals surface area contributed by atoms with Crippen LogP contribution in [-0.4, -0.2) is 84.0 Å². The third kappa shape index (κ3) is 7.97. The molecule has 2 aliphatic rings. The van der Waals surface area contributed by atoms with Gasteiger partial charge in [0.1, 0.15) is 25.2 Å². The van der Waals surface area contributed by atoms with Crippen LogP contribution in [0, 0.1) is 0 Å². The minimum atomic E-state index is -1.15. The first-order valence-corrected chi connectivity index (χ1v) is 14.5. The molecular weight excluding hydrogens is 532 g/mol. The zero-order chi connectivity index (χ0) is 29.2. The number of aliphatic carboxylic acids is 1. The van der Waals surface area contributed by atoms with Crippen molar-refractivity contribution in [3.05, 3.63) is 53.0 Å². The molecule has 1 amide bonds. The summed E-state index contributed by atoms with van der Waals surface area (Å²) in [7, 11) is 1.46. The number of carbonyl (C=O) groups is 2. The number of carboxylic acid groups (broad SMARTS) is 1. The van der Waals surface area contributed by atoms with Crippen molar-refractivity contribution in [2.75, 3.05) is 45.3 Å². The largest absolute Gasteiger partial charge is 0.480 e. The molecular formula is C30H41F2N5O4. The number of fused-ring (bicyclic) bond motifs is 1. The minimum Gasteiger partial charge on any atom is -0.480 e. The van der Waals surface area contributed by atoms with Gasteiger partial charge < -0.3 is 25.4 Å². The minimum absolute atomic E-state index is 0.140. The van der Waals surface area contributed by atoms with Crippen molar-refractivity contribution in [1.29, 1.82) is 0 Å². The van der Waals surface area contributed by atoms with Crippen LogP contribution < -0.4 is 10.6 Å². The summed E-state index contributed by atoms with van der Waals surface area (Å²) >= 11 is 0. The highest BCUT2D eigenvalue weighted by Crippen LogP contribution is 2.49. The van der Waals surface area contributed by atoms with Gasteiger partial charge in [-0.25, -0.2) is 18.6 Å². The number of amides is 1. The van der Waals surface area contributed by atoms with E-state index in [1.165, 1.54) is 18.9 Å². The number of halogens is 2. The van der Waals surface area contributed by atoms with Crippen LogP contribution in [0.5, 0.6) is 0 Å². The van der Waals surface area contributed by atoms with E-state index in [0.29, 0.717) is 38.0 Å². The Balaban J connectivity index is 1.33. The first-order valence-electron chi connectivity index (χ1n) is 14.5. The van der Waals surface area contributed by atoms with E-state index in [9.17, 15) is 23.5 Å². The summed E-state index contributed by atoms with van der Waals surface area (Å²) in [4.78, 5) is 36.1. The smallest absolute Gasteiger partial charge is 0.326 e. The summed E-state index contributed by atoms with van der Waals surface area (Å²) in [5.41, 5.74) is 2.05. The van der Waals surface area contributed by atoms with E-state index in [2.05, 4.69) is 27.8 Å². The number of anilines is 1. The number of hydrogen-bond acceptors (Lipinski definition) is 7. The number of methoxy groups -OCH3 is 1. The third-order valence-electron chi connectivity index (χ3n) is 8.13. The van der Waals surface area contributed by atoms with Crippen LogP contribution in [0.1, 0.15) is 61.0 Å². The molecule has 41 heavy (non-hydrogen) atoms. The van der Waals surface area contributed by atoms with Crippen LogP contribution in [0.25, 0.3) is 0 Å². The van der Waals surface area contributed by atoms with Crippen molar-refractivity contribution in [3.8, 4) is 0 Å². The van der Waals surface area contributed by atoms with Crippen LogP contribution >= 0.6 is 0 Å². The quantitative estimate of drug-likeness (QED) is 0.246. The number of rotatable bonds is 17. The van der Waals surface area contributed by atoms with E-state index in [0.717, 1.165) is 50.2 Å². The second-order valence-corrected chi connectivity index (χ2v) is 11.0. The third-order valence-corrected chi connectivity index (χ3v) is 8.13. The fourth-order valence-electron chi connectivity index (χ4n) is 5.51. The van der Waals surface area contributed by atoms with Crippen molar-refractivity contribution in [2.24, 2.45) is 0 Å². The molecule has 224 valence electrons. The zero-order valence-corrected chi connectivity index (χ0v) is 23.7. The van der Waals surface area contributed by atoms with E-state index in [4.69, 9.17) is 9.72 Å². The van der Waals surface area contributed by atoms with E-state index >= 15 is 0 Å². The maximum absolute atomic E-state index is 13.5. The Morgan fingerprint density at radius 2 is 2.05 bits per heavy atom. The maximum atomic E-state index is 13.5. The highest BCUT2D eigenvalue weighted by atomic mass is 19.1. The van der Waals surface area contributed by atoms with Gasteiger partial charge in [-0.05, 0) is 81.2 Å². The van der Waals surface area contributed by atoms with Gasteiger partial charge in [0.25, 0.3) is 0 Å². The van der Waals surface area contributed by atoms with E-state index < -0.39 is 42.8 Å². The Labute approximate surface area is 240 Å². The average molecular weight is 574 g/mol. The van der Waals surface area contributed by atoms with Gasteiger partial charge in [0.15, 0.2) is 0 Å². The van der Waals surface area contributed by atoms with Crippen molar-refractivity contribution in [1.82, 2.24) is 20.2 Å². The number of aromatic nitrogens is 2. The second-order valence-electron chi connectivity index (χ2n) is 11.0. The number of ether oxygens (including phenoxy) is 1. The van der Waals surface area contributed by atoms with Crippen LogP contribution in [0.4, 0.5) is 14.6 Å². The first kappa shape index (κ1) is 30.8. The number of aryl methyl sites for hydroxylation is 2. The summed E-state index contributed by atoms with van der Waals surface area (Å²) < 4.78 is 32.2. The molecule has 1 saturated carbocycles. The van der Waals surface area contributed by atoms with Gasteiger partial charge in [-0.1, -0.05) is 12.1 Å². The van der Waals surface area contributed by atoms with Gasteiger partial charge in [-0.2, -0.15) is 0 Å². The SMILES string of the molecule is COC(CF)CN(CCCCc1ccc2c(n1)NCCC2)CCC(NC(=O)C1(c2cccnc2CF)CC1)C(=O)O. The molecule has 9 nitrogen and oxygen atoms in total. The van der Waals surface area contributed by atoms with Crippen molar-refractivity contribution >= 4 is 17.7 Å². The lowest BCUT2D eigenvalue weighted by Crippen LogP contribution is -2.48. The van der Waals surface area contributed by atoms with Crippen molar-refractivity contribution in [3.63, 3.8) is 0 Å². The number of nitrogens with one attached hydrogen (secondary N) is 2. The van der Waals surface area contributed by atoms with Gasteiger partial charge in [0.2, 0.25) is 5.91 Å². The first-order chi connectivity index (χ1) is 19.9. The Hall–Kier alpha value is -3.18. The van der Waals surface area contributed by atoms with Gasteiger partial charge in [-0.3, -0.25) is 9.78 Å². The molecule has 1 fully saturated rings. The number of nitrogens with zero attached hydrogens (tertiary/aromatic N) is 3. The monoisotopic (exact) mass is 573 g/mol. The topological polar surface area (TPSA) is 117 Å². The van der Waals surface area contributed by atoms with Gasteiger partial charge >= 0.3 is 5.97 Å². The summed E-state index contributed by atoms with van der Waals surface area (Å²) in [6.45, 7) is 0.777. The molecule has 1 aliphatic heterocycles. The summed E-state index contributed by atoms with van der Waals surface area (Å²) in [5.74, 6) is -0.600. The summed E-state index contributed by atoms with van der Waals surface area (Å²) in [6.07, 6.45) is 6.67. The molecule has 2 unspecified atom stereocenters. The Morgan fingerprint density at radius 1 is 1.22 bits per heavy atom. The Bertz CT molecular complexity index is 1180. The normalized spacial score (nSPS) is 16.9. The van der Waals surface area contributed by atoms with Gasteiger partial charge in [0.05, 0.1) is 17.2 Å². The Morgan fingerprint density at radius 3 is 2.76 bits per heavy atom. The van der Waals surface area contributed by atoms with E-state index in [1.807, 2.05) is 4.90 Å². The van der Waals surface area contributed by atoms with E-state index in [-0.39, 0.29) is 12.1 Å². The Kier molecular flexibility index (Phi) is 11.0. The molecule has 0 spiro atoms.